The highest BCUT2D eigenvalue weighted by Gasteiger charge is 2.22. The molecule has 0 aromatic carbocycles. The highest BCUT2D eigenvalue weighted by atomic mass is 16.2. The van der Waals surface area contributed by atoms with Crippen LogP contribution in [0.3, 0.4) is 0 Å². The maximum absolute atomic E-state index is 12.8. The van der Waals surface area contributed by atoms with Gasteiger partial charge in [-0.1, -0.05) is 6.42 Å². The number of nitrogens with one attached hydrogen (secondary N) is 1. The summed E-state index contributed by atoms with van der Waals surface area (Å²) < 4.78 is 4.71. The van der Waals surface area contributed by atoms with Crippen LogP contribution in [0.5, 0.6) is 0 Å². The maximum Gasteiger partial charge on any atom is 0.332 e. The summed E-state index contributed by atoms with van der Waals surface area (Å²) in [5.41, 5.74) is 0.476. The fourth-order valence-corrected chi connectivity index (χ4v) is 3.17. The predicted molar refractivity (Wildman–Crippen MR) is 94.7 cm³/mol. The third-order valence-electron chi connectivity index (χ3n) is 4.99. The summed E-state index contributed by atoms with van der Waals surface area (Å²) in [4.78, 5) is 31.9. The molecule has 2 aromatic heterocycles. The van der Waals surface area contributed by atoms with Crippen LogP contribution in [0.1, 0.15) is 26.2 Å². The Morgan fingerprint density at radius 1 is 1.29 bits per heavy atom. The fourth-order valence-electron chi connectivity index (χ4n) is 3.17. The number of aryl methyl sites for hydroxylation is 1. The lowest BCUT2D eigenvalue weighted by atomic mass is 10.1. The highest BCUT2D eigenvalue weighted by molar-refractivity contribution is 5.74. The molecule has 2 aromatic rings. The van der Waals surface area contributed by atoms with E-state index in [1.807, 2.05) is 4.57 Å². The molecule has 8 nitrogen and oxygen atoms in total. The number of fused-ring (bicyclic) bond motifs is 3. The molecule has 3 heterocycles. The molecule has 8 heteroatoms. The van der Waals surface area contributed by atoms with Crippen molar-refractivity contribution >= 4 is 17.1 Å². The van der Waals surface area contributed by atoms with Gasteiger partial charge in [-0.2, -0.15) is 4.98 Å². The summed E-state index contributed by atoms with van der Waals surface area (Å²) >= 11 is 0. The topological polar surface area (TPSA) is 77.1 Å². The van der Waals surface area contributed by atoms with Crippen LogP contribution in [-0.4, -0.2) is 50.3 Å². The van der Waals surface area contributed by atoms with Crippen LogP contribution in [0.15, 0.2) is 9.59 Å². The monoisotopic (exact) mass is 334 g/mol. The number of imidazole rings is 1. The molecule has 0 spiro atoms. The minimum absolute atomic E-state index is 0.226. The summed E-state index contributed by atoms with van der Waals surface area (Å²) in [6.45, 7) is 4.11. The molecule has 24 heavy (non-hydrogen) atoms. The van der Waals surface area contributed by atoms with Crippen molar-refractivity contribution in [1.82, 2.24) is 23.6 Å². The van der Waals surface area contributed by atoms with E-state index in [-0.39, 0.29) is 11.2 Å². The van der Waals surface area contributed by atoms with Gasteiger partial charge in [-0.15, -0.1) is 0 Å². The Balaban J connectivity index is 1.86. The third-order valence-corrected chi connectivity index (χ3v) is 4.99. The molecule has 0 amide bonds. The first-order valence-corrected chi connectivity index (χ1v) is 8.52. The van der Waals surface area contributed by atoms with E-state index in [9.17, 15) is 9.59 Å². The van der Waals surface area contributed by atoms with E-state index in [4.69, 9.17) is 0 Å². The van der Waals surface area contributed by atoms with E-state index < -0.39 is 0 Å². The smallest absolute Gasteiger partial charge is 0.332 e. The van der Waals surface area contributed by atoms with E-state index >= 15 is 0 Å². The number of aromatic nitrogens is 4. The van der Waals surface area contributed by atoms with Crippen molar-refractivity contribution in [2.45, 2.75) is 45.3 Å². The fraction of sp³-hybridized carbons (Fsp3) is 0.688. The van der Waals surface area contributed by atoms with Gasteiger partial charge < -0.3 is 14.8 Å². The summed E-state index contributed by atoms with van der Waals surface area (Å²) in [5, 5.41) is 3.14. The van der Waals surface area contributed by atoms with Gasteiger partial charge in [0, 0.05) is 32.7 Å². The minimum atomic E-state index is -0.287. The average molecular weight is 334 g/mol. The first-order chi connectivity index (χ1) is 11.4. The lowest BCUT2D eigenvalue weighted by Gasteiger charge is -2.19. The number of rotatable bonds is 6. The van der Waals surface area contributed by atoms with E-state index in [1.165, 1.54) is 9.13 Å². The quantitative estimate of drug-likeness (QED) is 0.776. The van der Waals surface area contributed by atoms with Gasteiger partial charge in [0.05, 0.1) is 0 Å². The largest absolute Gasteiger partial charge is 0.354 e. The first-order valence-electron chi connectivity index (χ1n) is 8.52. The number of hydrogen-bond acceptors (Lipinski definition) is 5. The van der Waals surface area contributed by atoms with Gasteiger partial charge in [-0.25, -0.2) is 4.79 Å². The standard InChI is InChI=1S/C16H26N6O2/c1-11(19(2)3)7-5-6-9-22-14(23)12-13(20(4)16(22)24)18-15-17-8-10-21(12)15/h11H,5-10H2,1-4H3,(H,17,18)/t11-/m1/s1. The molecule has 0 aliphatic carbocycles. The number of nitrogens with zero attached hydrogens (tertiary/aromatic N) is 5. The summed E-state index contributed by atoms with van der Waals surface area (Å²) in [5.74, 6) is 0.676. The van der Waals surface area contributed by atoms with Crippen molar-refractivity contribution in [2.75, 3.05) is 26.0 Å². The molecule has 1 N–H and O–H groups in total. The van der Waals surface area contributed by atoms with Crippen molar-refractivity contribution in [1.29, 1.82) is 0 Å². The van der Waals surface area contributed by atoms with Gasteiger partial charge in [0.2, 0.25) is 5.95 Å². The Morgan fingerprint density at radius 3 is 2.75 bits per heavy atom. The van der Waals surface area contributed by atoms with Gasteiger partial charge >= 0.3 is 5.69 Å². The van der Waals surface area contributed by atoms with Crippen LogP contribution in [-0.2, 0) is 20.1 Å². The summed E-state index contributed by atoms with van der Waals surface area (Å²) in [6.07, 6.45) is 2.85. The molecule has 0 bridgehead atoms. The zero-order valence-electron chi connectivity index (χ0n) is 14.9. The van der Waals surface area contributed by atoms with E-state index in [0.29, 0.717) is 36.2 Å². The number of hydrogen-bond donors (Lipinski definition) is 1. The number of unbranched alkanes of at least 4 members (excludes halogenated alkanes) is 1. The van der Waals surface area contributed by atoms with Crippen molar-refractivity contribution in [3.63, 3.8) is 0 Å². The van der Waals surface area contributed by atoms with E-state index in [1.54, 1.807) is 7.05 Å². The van der Waals surface area contributed by atoms with Crippen LogP contribution in [0.2, 0.25) is 0 Å². The molecule has 1 aliphatic rings. The second kappa shape index (κ2) is 6.43. The minimum Gasteiger partial charge on any atom is -0.354 e. The zero-order chi connectivity index (χ0) is 17.4. The maximum atomic E-state index is 12.8. The van der Waals surface area contributed by atoms with Crippen LogP contribution >= 0.6 is 0 Å². The Bertz CT molecular complexity index is 860. The molecule has 0 saturated carbocycles. The molecule has 0 radical (unpaired) electrons. The molecule has 1 aliphatic heterocycles. The molecule has 0 unspecified atom stereocenters. The van der Waals surface area contributed by atoms with Crippen LogP contribution in [0.25, 0.3) is 11.2 Å². The molecule has 132 valence electrons. The Kier molecular flexibility index (Phi) is 4.49. The normalized spacial score (nSPS) is 15.0. The lowest BCUT2D eigenvalue weighted by Crippen LogP contribution is -2.39. The second-order valence-electron chi connectivity index (χ2n) is 6.79. The lowest BCUT2D eigenvalue weighted by molar-refractivity contribution is 0.290. The van der Waals surface area contributed by atoms with Crippen molar-refractivity contribution in [3.8, 4) is 0 Å². The molecule has 1 atom stereocenters. The highest BCUT2D eigenvalue weighted by Crippen LogP contribution is 2.19. The summed E-state index contributed by atoms with van der Waals surface area (Å²) in [6, 6.07) is 0.496. The van der Waals surface area contributed by atoms with Gasteiger partial charge in [0.15, 0.2) is 11.2 Å². The van der Waals surface area contributed by atoms with Gasteiger partial charge in [0.1, 0.15) is 0 Å². The second-order valence-corrected chi connectivity index (χ2v) is 6.79. The van der Waals surface area contributed by atoms with Crippen LogP contribution in [0.4, 0.5) is 5.95 Å². The SMILES string of the molecule is C[C@H](CCCCn1c(=O)c2c(nc3n2CCN3)n(C)c1=O)N(C)C. The van der Waals surface area contributed by atoms with Crippen molar-refractivity contribution in [2.24, 2.45) is 7.05 Å². The Labute approximate surface area is 140 Å². The van der Waals surface area contributed by atoms with Crippen LogP contribution < -0.4 is 16.6 Å². The van der Waals surface area contributed by atoms with E-state index in [2.05, 4.69) is 36.2 Å². The average Bonchev–Trinajstić information content (AvgIpc) is 3.12. The Morgan fingerprint density at radius 2 is 2.04 bits per heavy atom. The van der Waals surface area contributed by atoms with Gasteiger partial charge in [-0.3, -0.25) is 13.9 Å². The first kappa shape index (κ1) is 16.8. The number of anilines is 1. The zero-order valence-corrected chi connectivity index (χ0v) is 14.9. The van der Waals surface area contributed by atoms with E-state index in [0.717, 1.165) is 25.8 Å². The molecular weight excluding hydrogens is 308 g/mol. The predicted octanol–water partition coefficient (Wildman–Crippen LogP) is 0.443. The van der Waals surface area contributed by atoms with Gasteiger partial charge in [-0.05, 0) is 33.9 Å². The van der Waals surface area contributed by atoms with Crippen molar-refractivity contribution < 1.29 is 0 Å². The molecular formula is C16H26N6O2. The molecule has 0 saturated heterocycles. The Hall–Kier alpha value is -2.09. The molecule has 3 rings (SSSR count). The van der Waals surface area contributed by atoms with Crippen LogP contribution in [0, 0.1) is 0 Å². The third kappa shape index (κ3) is 2.75. The van der Waals surface area contributed by atoms with Gasteiger partial charge in [0.25, 0.3) is 5.56 Å². The molecule has 0 fully saturated rings. The summed E-state index contributed by atoms with van der Waals surface area (Å²) in [7, 11) is 5.80. The van der Waals surface area contributed by atoms with Crippen molar-refractivity contribution in [3.05, 3.63) is 20.8 Å².